The summed E-state index contributed by atoms with van der Waals surface area (Å²) in [6.45, 7) is 1.95. The van der Waals surface area contributed by atoms with Crippen LogP contribution in [0.5, 0.6) is 0 Å². The van der Waals surface area contributed by atoms with E-state index in [-0.39, 0.29) is 18.2 Å². The topological polar surface area (TPSA) is 49.4 Å². The third-order valence-corrected chi connectivity index (χ3v) is 6.10. The number of benzene rings is 2. The molecule has 136 valence electrons. The first-order chi connectivity index (χ1) is 13.0. The van der Waals surface area contributed by atoms with E-state index in [4.69, 9.17) is 0 Å². The van der Waals surface area contributed by atoms with Crippen molar-refractivity contribution in [3.63, 3.8) is 0 Å². The van der Waals surface area contributed by atoms with Gasteiger partial charge in [-0.25, -0.2) is 0 Å². The molecule has 2 amide bonds. The number of hydrogen-bond acceptors (Lipinski definition) is 3. The van der Waals surface area contributed by atoms with E-state index >= 15 is 0 Å². The Kier molecular flexibility index (Phi) is 4.61. The number of hydrogen-bond donors (Lipinski definition) is 1. The van der Waals surface area contributed by atoms with Crippen LogP contribution in [0.15, 0.2) is 69.8 Å². The summed E-state index contributed by atoms with van der Waals surface area (Å²) in [6.07, 6.45) is 0.150. The largest absolute Gasteiger partial charge is 0.323 e. The average Bonchev–Trinajstić information content (AvgIpc) is 3.17. The zero-order chi connectivity index (χ0) is 19.0. The summed E-state index contributed by atoms with van der Waals surface area (Å²) in [7, 11) is 0. The Balaban J connectivity index is 1.77. The van der Waals surface area contributed by atoms with Gasteiger partial charge in [0.2, 0.25) is 5.91 Å². The molecule has 6 heteroatoms. The van der Waals surface area contributed by atoms with Gasteiger partial charge in [-0.05, 0) is 65.2 Å². The van der Waals surface area contributed by atoms with E-state index in [9.17, 15) is 9.59 Å². The van der Waals surface area contributed by atoms with E-state index in [1.54, 1.807) is 4.90 Å². The first-order valence-corrected chi connectivity index (χ1v) is 10.2. The minimum Gasteiger partial charge on any atom is -0.323 e. The lowest BCUT2D eigenvalue weighted by Crippen LogP contribution is -2.67. The molecule has 1 N–H and O–H groups in total. The number of nitrogens with zero attached hydrogens (tertiary/aromatic N) is 1. The maximum absolute atomic E-state index is 13.5. The van der Waals surface area contributed by atoms with Crippen LogP contribution in [0.4, 0.5) is 11.4 Å². The number of para-hydroxylation sites is 1. The molecule has 27 heavy (non-hydrogen) atoms. The zero-order valence-electron chi connectivity index (χ0n) is 14.6. The van der Waals surface area contributed by atoms with E-state index in [1.165, 1.54) is 11.3 Å². The summed E-state index contributed by atoms with van der Waals surface area (Å²) in [4.78, 5) is 27.6. The molecule has 0 aliphatic carbocycles. The summed E-state index contributed by atoms with van der Waals surface area (Å²) in [5, 5.41) is 6.91. The third kappa shape index (κ3) is 2.99. The Labute approximate surface area is 170 Å². The van der Waals surface area contributed by atoms with Gasteiger partial charge in [-0.2, -0.15) is 11.3 Å². The molecule has 0 saturated carbocycles. The van der Waals surface area contributed by atoms with Crippen LogP contribution in [0.3, 0.4) is 0 Å². The fourth-order valence-corrected chi connectivity index (χ4v) is 4.42. The zero-order valence-corrected chi connectivity index (χ0v) is 17.0. The quantitative estimate of drug-likeness (QED) is 0.574. The first-order valence-electron chi connectivity index (χ1n) is 8.51. The number of β-lactam (4-membered cyclic amide) rings is 1. The van der Waals surface area contributed by atoms with Gasteiger partial charge in [0, 0.05) is 15.8 Å². The molecule has 3 aromatic rings. The summed E-state index contributed by atoms with van der Waals surface area (Å²) >= 11 is 4.93. The summed E-state index contributed by atoms with van der Waals surface area (Å²) in [5.41, 5.74) is 2.24. The Morgan fingerprint density at radius 2 is 1.89 bits per heavy atom. The second-order valence-corrected chi connectivity index (χ2v) is 8.22. The fraction of sp³-hybridized carbons (Fsp3) is 0.143. The molecule has 1 saturated heterocycles. The van der Waals surface area contributed by atoms with Crippen LogP contribution in [0, 0.1) is 6.92 Å². The Morgan fingerprint density at radius 3 is 2.52 bits per heavy atom. The predicted molar refractivity (Wildman–Crippen MR) is 112 cm³/mol. The van der Waals surface area contributed by atoms with E-state index in [0.29, 0.717) is 5.69 Å². The number of thiophene rings is 1. The van der Waals surface area contributed by atoms with Crippen molar-refractivity contribution in [1.29, 1.82) is 0 Å². The third-order valence-electron chi connectivity index (χ3n) is 4.89. The van der Waals surface area contributed by atoms with Gasteiger partial charge in [0.25, 0.3) is 5.91 Å². The molecule has 4 nitrogen and oxygen atoms in total. The highest BCUT2D eigenvalue weighted by molar-refractivity contribution is 9.10. The molecule has 4 rings (SSSR count). The highest BCUT2D eigenvalue weighted by atomic mass is 79.9. The number of carbonyl (C=O) groups excluding carboxylic acids is 2. The molecule has 1 aliphatic heterocycles. The molecule has 1 aliphatic rings. The Hall–Kier alpha value is -2.44. The van der Waals surface area contributed by atoms with Crippen molar-refractivity contribution in [2.75, 3.05) is 10.2 Å². The van der Waals surface area contributed by atoms with Gasteiger partial charge < -0.3 is 5.32 Å². The number of aryl methyl sites for hydroxylation is 1. The van der Waals surface area contributed by atoms with E-state index in [1.807, 2.05) is 72.3 Å². The maximum Gasteiger partial charge on any atom is 0.255 e. The van der Waals surface area contributed by atoms with Crippen molar-refractivity contribution >= 4 is 50.5 Å². The van der Waals surface area contributed by atoms with Crippen molar-refractivity contribution in [3.8, 4) is 0 Å². The molecule has 2 heterocycles. The number of carbonyl (C=O) groups is 2. The van der Waals surface area contributed by atoms with Gasteiger partial charge in [-0.3, -0.25) is 14.5 Å². The normalized spacial score (nSPS) is 18.9. The van der Waals surface area contributed by atoms with Crippen molar-refractivity contribution in [1.82, 2.24) is 0 Å². The number of rotatable bonds is 4. The average molecular weight is 441 g/mol. The number of halogens is 1. The predicted octanol–water partition coefficient (Wildman–Crippen LogP) is 5.09. The Bertz CT molecular complexity index is 1000. The van der Waals surface area contributed by atoms with Crippen LogP contribution in [-0.4, -0.2) is 11.8 Å². The number of amides is 2. The van der Waals surface area contributed by atoms with Gasteiger partial charge in [-0.15, -0.1) is 0 Å². The van der Waals surface area contributed by atoms with Gasteiger partial charge in [0.05, 0.1) is 6.42 Å². The van der Waals surface area contributed by atoms with Gasteiger partial charge in [0.15, 0.2) is 5.54 Å². The smallest absolute Gasteiger partial charge is 0.255 e. The SMILES string of the molecule is Cc1ccccc1NC(=O)[C@@]1(c2ccsc2)CC(=O)N1c1ccc(Br)cc1. The molecule has 0 bridgehead atoms. The van der Waals surface area contributed by atoms with Gasteiger partial charge >= 0.3 is 0 Å². The summed E-state index contributed by atoms with van der Waals surface area (Å²) in [5.74, 6) is -0.263. The highest BCUT2D eigenvalue weighted by Crippen LogP contribution is 2.46. The molecule has 0 spiro atoms. The highest BCUT2D eigenvalue weighted by Gasteiger charge is 2.58. The van der Waals surface area contributed by atoms with Crippen LogP contribution in [-0.2, 0) is 15.1 Å². The standard InChI is InChI=1S/C21H17BrN2O2S/c1-14-4-2-3-5-18(14)23-20(26)21(15-10-11-27-13-15)12-19(25)24(21)17-8-6-16(22)7-9-17/h2-11,13H,12H2,1H3,(H,23,26)/t21-/m0/s1. The molecule has 1 atom stereocenters. The molecular formula is C21H17BrN2O2S. The molecular weight excluding hydrogens is 424 g/mol. The van der Waals surface area contributed by atoms with Gasteiger partial charge in [-0.1, -0.05) is 34.1 Å². The fourth-order valence-electron chi connectivity index (χ4n) is 3.44. The second kappa shape index (κ2) is 6.94. The Morgan fingerprint density at radius 1 is 1.15 bits per heavy atom. The van der Waals surface area contributed by atoms with Crippen molar-refractivity contribution in [3.05, 3.63) is 81.0 Å². The van der Waals surface area contributed by atoms with Gasteiger partial charge in [0.1, 0.15) is 0 Å². The van der Waals surface area contributed by atoms with Crippen LogP contribution >= 0.6 is 27.3 Å². The lowest BCUT2D eigenvalue weighted by atomic mass is 9.77. The van der Waals surface area contributed by atoms with Crippen LogP contribution in [0.1, 0.15) is 17.5 Å². The number of anilines is 2. The van der Waals surface area contributed by atoms with E-state index in [0.717, 1.165) is 21.3 Å². The minimum absolute atomic E-state index is 0.0662. The van der Waals surface area contributed by atoms with Crippen molar-refractivity contribution < 1.29 is 9.59 Å². The lowest BCUT2D eigenvalue weighted by Gasteiger charge is -2.50. The summed E-state index contributed by atoms with van der Waals surface area (Å²) in [6, 6.07) is 17.0. The second-order valence-electron chi connectivity index (χ2n) is 6.52. The van der Waals surface area contributed by atoms with E-state index < -0.39 is 5.54 Å². The van der Waals surface area contributed by atoms with Crippen LogP contribution in [0.25, 0.3) is 0 Å². The lowest BCUT2D eigenvalue weighted by molar-refractivity contribution is -0.137. The maximum atomic E-state index is 13.5. The molecule has 0 radical (unpaired) electrons. The first kappa shape index (κ1) is 17.9. The molecule has 2 aromatic carbocycles. The van der Waals surface area contributed by atoms with Crippen LogP contribution in [0.2, 0.25) is 0 Å². The monoisotopic (exact) mass is 440 g/mol. The van der Waals surface area contributed by atoms with Crippen molar-refractivity contribution in [2.24, 2.45) is 0 Å². The van der Waals surface area contributed by atoms with Crippen LogP contribution < -0.4 is 10.2 Å². The minimum atomic E-state index is -1.03. The molecule has 0 unspecified atom stereocenters. The summed E-state index contributed by atoms with van der Waals surface area (Å²) < 4.78 is 0.921. The molecule has 1 aromatic heterocycles. The van der Waals surface area contributed by atoms with E-state index in [2.05, 4.69) is 21.2 Å². The number of nitrogens with one attached hydrogen (secondary N) is 1. The molecule has 1 fully saturated rings. The van der Waals surface area contributed by atoms with Crippen molar-refractivity contribution in [2.45, 2.75) is 18.9 Å².